The number of halogens is 2. The molecule has 10 heteroatoms. The minimum Gasteiger partial charge on any atom is -0.494 e. The molecular weight excluding hydrogens is 437 g/mol. The second-order valence-electron chi connectivity index (χ2n) is 7.17. The van der Waals surface area contributed by atoms with Gasteiger partial charge in [-0.3, -0.25) is 9.59 Å². The first kappa shape index (κ1) is 21.8. The highest BCUT2D eigenvalue weighted by Crippen LogP contribution is 2.29. The summed E-state index contributed by atoms with van der Waals surface area (Å²) in [6.45, 7) is 3.55. The van der Waals surface area contributed by atoms with E-state index in [1.165, 1.54) is 31.5 Å². The molecule has 1 fully saturated rings. The molecule has 3 N–H and O–H groups in total. The van der Waals surface area contributed by atoms with Crippen LogP contribution in [0.3, 0.4) is 0 Å². The Morgan fingerprint density at radius 3 is 2.69 bits per heavy atom. The van der Waals surface area contributed by atoms with Gasteiger partial charge in [0, 0.05) is 37.9 Å². The summed E-state index contributed by atoms with van der Waals surface area (Å²) in [6.07, 6.45) is 2.91. The first-order valence-electron chi connectivity index (χ1n) is 9.96. The Morgan fingerprint density at radius 1 is 1.22 bits per heavy atom. The molecule has 1 aliphatic heterocycles. The van der Waals surface area contributed by atoms with E-state index in [1.807, 2.05) is 6.07 Å². The number of amides is 1. The highest BCUT2D eigenvalue weighted by Gasteiger charge is 2.23. The van der Waals surface area contributed by atoms with Gasteiger partial charge in [0.25, 0.3) is 5.91 Å². The van der Waals surface area contributed by atoms with Gasteiger partial charge < -0.3 is 25.3 Å². The normalized spacial score (nSPS) is 13.7. The molecule has 0 bridgehead atoms. The van der Waals surface area contributed by atoms with E-state index in [2.05, 4.69) is 25.5 Å². The lowest BCUT2D eigenvalue weighted by Gasteiger charge is -2.28. The van der Waals surface area contributed by atoms with Crippen molar-refractivity contribution in [2.75, 3.05) is 43.5 Å². The number of rotatable bonds is 6. The molecular formula is C22H21ClFN5O3. The molecule has 4 rings (SSSR count). The van der Waals surface area contributed by atoms with Crippen LogP contribution in [0.5, 0.6) is 5.75 Å². The topological polar surface area (TPSA) is 99.3 Å². The van der Waals surface area contributed by atoms with Gasteiger partial charge in [0.15, 0.2) is 17.3 Å². The second-order valence-corrected chi connectivity index (χ2v) is 7.57. The molecule has 1 aliphatic rings. The second kappa shape index (κ2) is 9.37. The quantitative estimate of drug-likeness (QED) is 0.492. The summed E-state index contributed by atoms with van der Waals surface area (Å²) in [5.74, 6) is -1.23. The molecule has 0 aliphatic carbocycles. The van der Waals surface area contributed by atoms with Crippen molar-refractivity contribution in [3.8, 4) is 5.75 Å². The van der Waals surface area contributed by atoms with E-state index in [9.17, 15) is 14.0 Å². The zero-order valence-corrected chi connectivity index (χ0v) is 18.0. The van der Waals surface area contributed by atoms with Crippen molar-refractivity contribution in [2.45, 2.75) is 0 Å². The zero-order chi connectivity index (χ0) is 22.7. The van der Waals surface area contributed by atoms with Gasteiger partial charge in [-0.2, -0.15) is 0 Å². The van der Waals surface area contributed by atoms with Gasteiger partial charge in [-0.05, 0) is 30.3 Å². The molecule has 1 amide bonds. The minimum atomic E-state index is -0.854. The van der Waals surface area contributed by atoms with E-state index in [1.54, 1.807) is 12.3 Å². The number of nitrogens with one attached hydrogen (secondary N) is 3. The van der Waals surface area contributed by atoms with E-state index >= 15 is 0 Å². The molecule has 1 saturated heterocycles. The number of anilines is 2. The maximum atomic E-state index is 14.6. The van der Waals surface area contributed by atoms with Crippen LogP contribution in [0.2, 0.25) is 5.02 Å². The number of ether oxygens (including phenoxy) is 1. The third-order valence-corrected chi connectivity index (χ3v) is 5.45. The number of hydrogen-bond acceptors (Lipinski definition) is 6. The highest BCUT2D eigenvalue weighted by atomic mass is 35.5. The summed E-state index contributed by atoms with van der Waals surface area (Å²) in [7, 11) is 1.30. The third kappa shape index (κ3) is 4.44. The number of ketones is 1. The average molecular weight is 458 g/mol. The predicted molar refractivity (Wildman–Crippen MR) is 119 cm³/mol. The lowest BCUT2D eigenvalue weighted by molar-refractivity contribution is 0.102. The van der Waals surface area contributed by atoms with Crippen LogP contribution in [0.1, 0.15) is 26.4 Å². The van der Waals surface area contributed by atoms with Crippen molar-refractivity contribution in [1.82, 2.24) is 15.3 Å². The van der Waals surface area contributed by atoms with Crippen LogP contribution in [0, 0.1) is 5.82 Å². The maximum absolute atomic E-state index is 14.6. The molecule has 0 saturated carbocycles. The van der Waals surface area contributed by atoms with Crippen LogP contribution in [0.25, 0.3) is 0 Å². The summed E-state index contributed by atoms with van der Waals surface area (Å²) < 4.78 is 19.5. The number of carbonyl (C=O) groups is 2. The number of aromatic nitrogens is 2. The van der Waals surface area contributed by atoms with Crippen molar-refractivity contribution in [2.24, 2.45) is 0 Å². The van der Waals surface area contributed by atoms with Gasteiger partial charge in [-0.25, -0.2) is 9.37 Å². The predicted octanol–water partition coefficient (Wildman–Crippen LogP) is 3.10. The van der Waals surface area contributed by atoms with Gasteiger partial charge >= 0.3 is 0 Å². The van der Waals surface area contributed by atoms with Gasteiger partial charge in [0.05, 0.1) is 29.6 Å². The fraction of sp³-hybridized carbons (Fsp3) is 0.227. The summed E-state index contributed by atoms with van der Waals surface area (Å²) in [5, 5.41) is 5.97. The minimum absolute atomic E-state index is 0.0452. The first-order chi connectivity index (χ1) is 15.5. The highest BCUT2D eigenvalue weighted by molar-refractivity contribution is 6.35. The Labute approximate surface area is 188 Å². The standard InChI is InChI=1S/C22H21ClFN5O3/c1-32-17-4-3-15(23)19(20(17)24)21(30)13-10-16(26-11-13)22(31)28-14-2-5-18(27-12-14)29-8-6-25-7-9-29/h2-5,10-12,25-26H,6-9H2,1H3,(H,28,31). The van der Waals surface area contributed by atoms with E-state index in [0.717, 1.165) is 32.0 Å². The molecule has 0 spiro atoms. The fourth-order valence-electron chi connectivity index (χ4n) is 3.44. The van der Waals surface area contributed by atoms with E-state index in [0.29, 0.717) is 5.69 Å². The fourth-order valence-corrected chi connectivity index (χ4v) is 3.67. The zero-order valence-electron chi connectivity index (χ0n) is 17.2. The first-order valence-corrected chi connectivity index (χ1v) is 10.3. The monoisotopic (exact) mass is 457 g/mol. The van der Waals surface area contributed by atoms with Crippen molar-refractivity contribution < 1.29 is 18.7 Å². The molecule has 32 heavy (non-hydrogen) atoms. The van der Waals surface area contributed by atoms with E-state index < -0.39 is 17.5 Å². The number of aromatic amines is 1. The molecule has 3 heterocycles. The van der Waals surface area contributed by atoms with Gasteiger partial charge in [0.1, 0.15) is 11.5 Å². The maximum Gasteiger partial charge on any atom is 0.272 e. The van der Waals surface area contributed by atoms with Crippen LogP contribution in [-0.4, -0.2) is 54.9 Å². The molecule has 166 valence electrons. The van der Waals surface area contributed by atoms with Crippen molar-refractivity contribution in [3.63, 3.8) is 0 Å². The Balaban J connectivity index is 1.47. The molecule has 2 aromatic heterocycles. The van der Waals surface area contributed by atoms with Gasteiger partial charge in [-0.1, -0.05) is 11.6 Å². The van der Waals surface area contributed by atoms with Gasteiger partial charge in [-0.15, -0.1) is 0 Å². The molecule has 1 aromatic carbocycles. The number of carbonyl (C=O) groups excluding carboxylic acids is 2. The third-order valence-electron chi connectivity index (χ3n) is 5.14. The average Bonchev–Trinajstić information content (AvgIpc) is 3.31. The number of benzene rings is 1. The summed E-state index contributed by atoms with van der Waals surface area (Å²) in [4.78, 5) is 34.7. The molecule has 8 nitrogen and oxygen atoms in total. The van der Waals surface area contributed by atoms with Gasteiger partial charge in [0.2, 0.25) is 0 Å². The summed E-state index contributed by atoms with van der Waals surface area (Å²) in [5.41, 5.74) is 0.429. The Hall–Kier alpha value is -3.43. The van der Waals surface area contributed by atoms with E-state index in [-0.39, 0.29) is 27.6 Å². The lowest BCUT2D eigenvalue weighted by atomic mass is 10.0. The van der Waals surface area contributed by atoms with Crippen LogP contribution in [0.4, 0.5) is 15.9 Å². The SMILES string of the molecule is COc1ccc(Cl)c(C(=O)c2c[nH]c(C(=O)Nc3ccc(N4CCNCC4)nc3)c2)c1F. The number of pyridine rings is 1. The number of piperazine rings is 1. The number of H-pyrrole nitrogens is 1. The number of methoxy groups -OCH3 is 1. The Morgan fingerprint density at radius 2 is 2.00 bits per heavy atom. The molecule has 3 aromatic rings. The van der Waals surface area contributed by atoms with Crippen LogP contribution < -0.4 is 20.3 Å². The largest absolute Gasteiger partial charge is 0.494 e. The lowest BCUT2D eigenvalue weighted by Crippen LogP contribution is -2.43. The smallest absolute Gasteiger partial charge is 0.272 e. The summed E-state index contributed by atoms with van der Waals surface area (Å²) >= 11 is 6.03. The number of hydrogen-bond donors (Lipinski definition) is 3. The van der Waals surface area contributed by atoms with Crippen molar-refractivity contribution >= 4 is 34.8 Å². The Kier molecular flexibility index (Phi) is 6.38. The summed E-state index contributed by atoms with van der Waals surface area (Å²) in [6, 6.07) is 7.68. The molecule has 0 unspecified atom stereocenters. The molecule has 0 atom stereocenters. The van der Waals surface area contributed by atoms with E-state index in [4.69, 9.17) is 16.3 Å². The Bertz CT molecular complexity index is 1140. The van der Waals surface area contributed by atoms with Crippen LogP contribution >= 0.6 is 11.6 Å². The van der Waals surface area contributed by atoms with Crippen molar-refractivity contribution in [3.05, 3.63) is 70.4 Å². The van der Waals surface area contributed by atoms with Crippen LogP contribution in [0.15, 0.2) is 42.7 Å². The molecule has 0 radical (unpaired) electrons. The number of nitrogens with zero attached hydrogens (tertiary/aromatic N) is 2. The van der Waals surface area contributed by atoms with Crippen LogP contribution in [-0.2, 0) is 0 Å². The van der Waals surface area contributed by atoms with Crippen molar-refractivity contribution in [1.29, 1.82) is 0 Å².